The fourth-order valence-electron chi connectivity index (χ4n) is 1.80. The Hall–Kier alpha value is -2.07. The third-order valence-corrected chi connectivity index (χ3v) is 3.70. The third-order valence-electron chi connectivity index (χ3n) is 2.66. The maximum atomic E-state index is 4.46. The Morgan fingerprint density at radius 1 is 1.00 bits per heavy atom. The van der Waals surface area contributed by atoms with Gasteiger partial charge in [0.25, 0.3) is 0 Å². The lowest BCUT2D eigenvalue weighted by atomic mass is 10.2. The average molecular weight is 255 g/mol. The molecule has 0 aliphatic heterocycles. The van der Waals surface area contributed by atoms with Crippen LogP contribution in [0.25, 0.3) is 10.2 Å². The summed E-state index contributed by atoms with van der Waals surface area (Å²) in [6.45, 7) is 0. The second kappa shape index (κ2) is 4.66. The van der Waals surface area contributed by atoms with Gasteiger partial charge in [0.2, 0.25) is 0 Å². The molecule has 0 radical (unpaired) electrons. The Morgan fingerprint density at radius 2 is 1.83 bits per heavy atom. The summed E-state index contributed by atoms with van der Waals surface area (Å²) in [5.74, 6) is 0. The minimum absolute atomic E-state index is 0.946. The number of fused-ring (bicyclic) bond motifs is 1. The van der Waals surface area contributed by atoms with E-state index in [1.807, 2.05) is 31.3 Å². The van der Waals surface area contributed by atoms with Crippen molar-refractivity contribution in [2.45, 2.75) is 0 Å². The molecule has 0 spiro atoms. The Kier molecular flexibility index (Phi) is 2.86. The summed E-state index contributed by atoms with van der Waals surface area (Å²) < 4.78 is 1.18. The van der Waals surface area contributed by atoms with Crippen molar-refractivity contribution >= 4 is 38.1 Å². The first-order valence-corrected chi connectivity index (χ1v) is 6.57. The lowest BCUT2D eigenvalue weighted by Crippen LogP contribution is -1.88. The van der Waals surface area contributed by atoms with Crippen LogP contribution in [0.2, 0.25) is 0 Å². The van der Waals surface area contributed by atoms with Gasteiger partial charge in [-0.15, -0.1) is 0 Å². The van der Waals surface area contributed by atoms with Gasteiger partial charge < -0.3 is 10.6 Å². The van der Waals surface area contributed by atoms with Crippen LogP contribution in [0.4, 0.5) is 16.5 Å². The van der Waals surface area contributed by atoms with E-state index in [1.54, 1.807) is 11.3 Å². The van der Waals surface area contributed by atoms with Crippen LogP contribution in [-0.4, -0.2) is 12.0 Å². The van der Waals surface area contributed by atoms with Gasteiger partial charge in [-0.25, -0.2) is 4.98 Å². The summed E-state index contributed by atoms with van der Waals surface area (Å²) in [5.41, 5.74) is 3.21. The molecule has 3 nitrogen and oxygen atoms in total. The Labute approximate surface area is 109 Å². The molecule has 0 fully saturated rings. The molecule has 3 aromatic rings. The Morgan fingerprint density at radius 3 is 2.61 bits per heavy atom. The maximum Gasteiger partial charge on any atom is 0.183 e. The molecule has 0 bridgehead atoms. The van der Waals surface area contributed by atoms with Crippen LogP contribution in [0.15, 0.2) is 48.5 Å². The number of anilines is 3. The van der Waals surface area contributed by atoms with Gasteiger partial charge in [-0.3, -0.25) is 0 Å². The highest BCUT2D eigenvalue weighted by Gasteiger charge is 2.03. The molecular formula is C14H13N3S. The number of hydrogen-bond donors (Lipinski definition) is 2. The predicted octanol–water partition coefficient (Wildman–Crippen LogP) is 4.08. The summed E-state index contributed by atoms with van der Waals surface area (Å²) in [6, 6.07) is 16.4. The monoisotopic (exact) mass is 255 g/mol. The zero-order chi connectivity index (χ0) is 12.4. The zero-order valence-electron chi connectivity index (χ0n) is 9.97. The number of para-hydroxylation sites is 1. The fourth-order valence-corrected chi connectivity index (χ4v) is 2.66. The minimum atomic E-state index is 0.946. The number of hydrogen-bond acceptors (Lipinski definition) is 4. The van der Waals surface area contributed by atoms with E-state index >= 15 is 0 Å². The van der Waals surface area contributed by atoms with Crippen LogP contribution in [0.5, 0.6) is 0 Å². The molecule has 0 unspecified atom stereocenters. The molecule has 4 heteroatoms. The smallest absolute Gasteiger partial charge is 0.183 e. The summed E-state index contributed by atoms with van der Waals surface area (Å²) in [7, 11) is 1.89. The summed E-state index contributed by atoms with van der Waals surface area (Å²) >= 11 is 1.66. The zero-order valence-corrected chi connectivity index (χ0v) is 10.8. The maximum absolute atomic E-state index is 4.46. The number of rotatable bonds is 3. The number of thiazole rings is 1. The van der Waals surface area contributed by atoms with Gasteiger partial charge in [0.05, 0.1) is 10.2 Å². The first-order chi connectivity index (χ1) is 8.85. The van der Waals surface area contributed by atoms with Gasteiger partial charge in [-0.1, -0.05) is 29.5 Å². The molecule has 2 N–H and O–H groups in total. The van der Waals surface area contributed by atoms with E-state index in [1.165, 1.54) is 4.70 Å². The van der Waals surface area contributed by atoms with Gasteiger partial charge in [0, 0.05) is 18.4 Å². The van der Waals surface area contributed by atoms with E-state index in [0.29, 0.717) is 0 Å². The van der Waals surface area contributed by atoms with Gasteiger partial charge in [0.15, 0.2) is 5.13 Å². The Balaban J connectivity index is 1.93. The molecule has 0 amide bonds. The molecule has 0 saturated heterocycles. The van der Waals surface area contributed by atoms with Crippen LogP contribution in [0.1, 0.15) is 0 Å². The molecule has 0 atom stereocenters. The predicted molar refractivity (Wildman–Crippen MR) is 78.9 cm³/mol. The van der Waals surface area contributed by atoms with E-state index in [0.717, 1.165) is 22.0 Å². The van der Waals surface area contributed by atoms with Gasteiger partial charge in [0.1, 0.15) is 0 Å². The topological polar surface area (TPSA) is 37.0 Å². The van der Waals surface area contributed by atoms with Crippen molar-refractivity contribution < 1.29 is 0 Å². The minimum Gasteiger partial charge on any atom is -0.365 e. The average Bonchev–Trinajstić information content (AvgIpc) is 2.82. The van der Waals surface area contributed by atoms with Crippen LogP contribution < -0.4 is 10.6 Å². The van der Waals surface area contributed by atoms with Crippen molar-refractivity contribution in [2.75, 3.05) is 17.7 Å². The molecule has 0 aliphatic carbocycles. The molecule has 90 valence electrons. The molecule has 0 aliphatic rings. The van der Waals surface area contributed by atoms with Gasteiger partial charge >= 0.3 is 0 Å². The molecule has 1 heterocycles. The van der Waals surface area contributed by atoms with E-state index in [-0.39, 0.29) is 0 Å². The largest absolute Gasteiger partial charge is 0.365 e. The lowest BCUT2D eigenvalue weighted by molar-refractivity contribution is 1.41. The van der Waals surface area contributed by atoms with Crippen LogP contribution in [-0.2, 0) is 0 Å². The van der Waals surface area contributed by atoms with Crippen molar-refractivity contribution in [2.24, 2.45) is 0 Å². The van der Waals surface area contributed by atoms with Crippen LogP contribution in [0, 0.1) is 0 Å². The lowest BCUT2D eigenvalue weighted by Gasteiger charge is -2.05. The van der Waals surface area contributed by atoms with Crippen molar-refractivity contribution in [1.29, 1.82) is 0 Å². The second-order valence-corrected chi connectivity index (χ2v) is 4.97. The van der Waals surface area contributed by atoms with Crippen molar-refractivity contribution in [3.8, 4) is 0 Å². The summed E-state index contributed by atoms with van der Waals surface area (Å²) in [6.07, 6.45) is 0. The fraction of sp³-hybridized carbons (Fsp3) is 0.0714. The normalized spacial score (nSPS) is 10.5. The van der Waals surface area contributed by atoms with E-state index in [2.05, 4.69) is 39.9 Å². The molecule has 2 aromatic carbocycles. The Bertz CT molecular complexity index is 661. The SMILES string of the molecule is CNc1nc2ccc(Nc3ccccc3)cc2s1. The molecule has 18 heavy (non-hydrogen) atoms. The van der Waals surface area contributed by atoms with Crippen molar-refractivity contribution in [3.05, 3.63) is 48.5 Å². The highest BCUT2D eigenvalue weighted by atomic mass is 32.1. The van der Waals surface area contributed by atoms with E-state index < -0.39 is 0 Å². The first-order valence-electron chi connectivity index (χ1n) is 5.75. The summed E-state index contributed by atoms with van der Waals surface area (Å²) in [5, 5.41) is 7.40. The quantitative estimate of drug-likeness (QED) is 0.740. The number of nitrogens with one attached hydrogen (secondary N) is 2. The third kappa shape index (κ3) is 2.15. The molecular weight excluding hydrogens is 242 g/mol. The molecule has 0 saturated carbocycles. The van der Waals surface area contributed by atoms with Crippen molar-refractivity contribution in [1.82, 2.24) is 4.98 Å². The second-order valence-electron chi connectivity index (χ2n) is 3.94. The van der Waals surface area contributed by atoms with Crippen LogP contribution >= 0.6 is 11.3 Å². The molecule has 1 aromatic heterocycles. The standard InChI is InChI=1S/C14H13N3S/c1-15-14-17-12-8-7-11(9-13(12)18-14)16-10-5-3-2-4-6-10/h2-9,16H,1H3,(H,15,17). The van der Waals surface area contributed by atoms with Crippen molar-refractivity contribution in [3.63, 3.8) is 0 Å². The number of aromatic nitrogens is 1. The van der Waals surface area contributed by atoms with Crippen LogP contribution in [0.3, 0.4) is 0 Å². The summed E-state index contributed by atoms with van der Waals surface area (Å²) in [4.78, 5) is 4.46. The highest BCUT2D eigenvalue weighted by molar-refractivity contribution is 7.22. The molecule has 3 rings (SSSR count). The number of benzene rings is 2. The first kappa shape index (κ1) is 11.0. The highest BCUT2D eigenvalue weighted by Crippen LogP contribution is 2.29. The van der Waals surface area contributed by atoms with Gasteiger partial charge in [-0.2, -0.15) is 0 Å². The van der Waals surface area contributed by atoms with E-state index in [4.69, 9.17) is 0 Å². The van der Waals surface area contributed by atoms with E-state index in [9.17, 15) is 0 Å². The van der Waals surface area contributed by atoms with Gasteiger partial charge in [-0.05, 0) is 30.3 Å². The number of nitrogens with zero attached hydrogens (tertiary/aromatic N) is 1.